The minimum Gasteiger partial charge on any atom is -0.324 e. The monoisotopic (exact) mass is 650 g/mol. The number of nitrogens with zero attached hydrogens (tertiary/aromatic N) is 2. The predicted octanol–water partition coefficient (Wildman–Crippen LogP) is 4.70. The number of hydrogen-bond acceptors (Lipinski definition) is 10. The number of carbonyl (C=O) groups is 6. The van der Waals surface area contributed by atoms with Gasteiger partial charge in [0.15, 0.2) is 0 Å². The van der Waals surface area contributed by atoms with Gasteiger partial charge in [-0.3, -0.25) is 19.2 Å². The Hall–Kier alpha value is -4.06. The molecule has 18 heteroatoms. The minimum atomic E-state index is -5.96. The summed E-state index contributed by atoms with van der Waals surface area (Å²) in [6.07, 6.45) is -1.03. The van der Waals surface area contributed by atoms with Gasteiger partial charge in [0.25, 0.3) is 23.6 Å². The van der Waals surface area contributed by atoms with E-state index in [1.165, 1.54) is 0 Å². The van der Waals surface area contributed by atoms with Crippen LogP contribution in [0.2, 0.25) is 0 Å². The Labute approximate surface area is 244 Å². The smallest absolute Gasteiger partial charge is 0.324 e. The lowest BCUT2D eigenvalue weighted by molar-refractivity contribution is -0.254. The molecule has 0 aromatic carbocycles. The van der Waals surface area contributed by atoms with Crippen LogP contribution in [0.3, 0.4) is 0 Å². The number of alkyl halides is 6. The average Bonchev–Trinajstić information content (AvgIpc) is 3.68. The van der Waals surface area contributed by atoms with E-state index in [-0.39, 0.29) is 45.6 Å². The van der Waals surface area contributed by atoms with Crippen LogP contribution in [-0.4, -0.2) is 63.5 Å². The van der Waals surface area contributed by atoms with Crippen molar-refractivity contribution in [1.29, 1.82) is 0 Å². The molecule has 4 amide bonds. The van der Waals surface area contributed by atoms with E-state index in [9.17, 15) is 37.5 Å². The first-order chi connectivity index (χ1) is 19.9. The molecule has 2 aromatic heterocycles. The van der Waals surface area contributed by atoms with Crippen molar-refractivity contribution in [2.75, 3.05) is 0 Å². The summed E-state index contributed by atoms with van der Waals surface area (Å²) < 4.78 is 90.8. The number of aryl methyl sites for hydroxylation is 2. The molecule has 0 unspecified atom stereocenters. The molecule has 0 atom stereocenters. The molecule has 0 N–H and O–H groups in total. The third kappa shape index (κ3) is 4.54. The van der Waals surface area contributed by atoms with Crippen LogP contribution < -0.4 is 0 Å². The van der Waals surface area contributed by atoms with E-state index in [1.54, 1.807) is 0 Å². The van der Waals surface area contributed by atoms with E-state index < -0.39 is 85.4 Å². The van der Waals surface area contributed by atoms with Gasteiger partial charge < -0.3 is 9.68 Å². The van der Waals surface area contributed by atoms with Gasteiger partial charge in [0, 0.05) is 46.6 Å². The van der Waals surface area contributed by atoms with Gasteiger partial charge in [-0.05, 0) is 37.1 Å². The van der Waals surface area contributed by atoms with Crippen LogP contribution in [0, 0.1) is 13.8 Å². The molecule has 0 saturated carbocycles. The number of hydroxylamine groups is 4. The van der Waals surface area contributed by atoms with E-state index in [0.717, 1.165) is 13.8 Å². The van der Waals surface area contributed by atoms with Gasteiger partial charge in [0.1, 0.15) is 9.75 Å². The molecular formula is C25H16F6N2O8S2. The maximum Gasteiger partial charge on any atom is 0.380 e. The molecule has 0 radical (unpaired) electrons. The summed E-state index contributed by atoms with van der Waals surface area (Å²) in [4.78, 5) is 80.0. The summed E-state index contributed by atoms with van der Waals surface area (Å²) in [5.74, 6) is -23.2. The molecule has 2 aromatic rings. The Morgan fingerprint density at radius 1 is 0.651 bits per heavy atom. The number of allylic oxidation sites excluding steroid dienone is 2. The van der Waals surface area contributed by atoms with Gasteiger partial charge in [0.05, 0.1) is 0 Å². The number of hydrogen-bond donors (Lipinski definition) is 0. The molecule has 10 nitrogen and oxygen atoms in total. The molecular weight excluding hydrogens is 634 g/mol. The van der Waals surface area contributed by atoms with Crippen molar-refractivity contribution in [1.82, 2.24) is 10.1 Å². The highest BCUT2D eigenvalue weighted by atomic mass is 32.1. The second-order valence-electron chi connectivity index (χ2n) is 9.56. The average molecular weight is 651 g/mol. The fourth-order valence-corrected chi connectivity index (χ4v) is 6.46. The summed E-state index contributed by atoms with van der Waals surface area (Å²) in [7, 11) is 0. The molecule has 5 rings (SSSR count). The molecule has 228 valence electrons. The van der Waals surface area contributed by atoms with Crippen LogP contribution in [0.4, 0.5) is 26.3 Å². The maximum atomic E-state index is 15.3. The Kier molecular flexibility index (Phi) is 7.07. The number of imide groups is 2. The van der Waals surface area contributed by atoms with Crippen LogP contribution in [0.15, 0.2) is 12.1 Å². The van der Waals surface area contributed by atoms with E-state index >= 15 is 17.6 Å². The zero-order chi connectivity index (χ0) is 31.8. The van der Waals surface area contributed by atoms with Crippen molar-refractivity contribution in [3.63, 3.8) is 0 Å². The van der Waals surface area contributed by atoms with Crippen LogP contribution in [0.5, 0.6) is 0 Å². The van der Waals surface area contributed by atoms with Gasteiger partial charge in [-0.15, -0.1) is 32.8 Å². The highest BCUT2D eigenvalue weighted by Gasteiger charge is 2.80. The number of amides is 4. The van der Waals surface area contributed by atoms with Gasteiger partial charge in [-0.1, -0.05) is 0 Å². The third-order valence-corrected chi connectivity index (χ3v) is 8.86. The maximum absolute atomic E-state index is 15.3. The minimum absolute atomic E-state index is 0.160. The normalized spacial score (nSPS) is 20.9. The topological polar surface area (TPSA) is 127 Å². The lowest BCUT2D eigenvalue weighted by Gasteiger charge is -2.25. The lowest BCUT2D eigenvalue weighted by Crippen LogP contribution is -2.48. The SMILES string of the molecule is Cc1sc(C(=O)ON2C(=O)CCC2=O)cc1C1=C(c2cc(C(=O)ON3C(=O)CCC3=O)sc2C)C(F)(F)C(F)(F)C1(F)F. The third-order valence-electron chi connectivity index (χ3n) is 6.80. The van der Waals surface area contributed by atoms with Crippen LogP contribution >= 0.6 is 22.7 Å². The fourth-order valence-electron chi connectivity index (χ4n) is 4.67. The predicted molar refractivity (Wildman–Crippen MR) is 133 cm³/mol. The van der Waals surface area contributed by atoms with Crippen molar-refractivity contribution in [2.24, 2.45) is 0 Å². The molecule has 1 aliphatic carbocycles. The summed E-state index contributed by atoms with van der Waals surface area (Å²) in [6, 6.07) is 1.21. The Morgan fingerprint density at radius 2 is 0.953 bits per heavy atom. The molecule has 2 fully saturated rings. The summed E-state index contributed by atoms with van der Waals surface area (Å²) in [5, 5.41) is 0.319. The van der Waals surface area contributed by atoms with Crippen LogP contribution in [-0.2, 0) is 28.9 Å². The highest BCUT2D eigenvalue weighted by molar-refractivity contribution is 7.14. The Morgan fingerprint density at radius 3 is 1.26 bits per heavy atom. The number of rotatable bonds is 6. The van der Waals surface area contributed by atoms with Gasteiger partial charge >= 0.3 is 29.7 Å². The summed E-state index contributed by atoms with van der Waals surface area (Å²) >= 11 is 0.808. The zero-order valence-corrected chi connectivity index (χ0v) is 23.4. The van der Waals surface area contributed by atoms with Gasteiger partial charge in [0.2, 0.25) is 0 Å². The van der Waals surface area contributed by atoms with Crippen molar-refractivity contribution < 1.29 is 64.8 Å². The highest BCUT2D eigenvalue weighted by Crippen LogP contribution is 2.65. The van der Waals surface area contributed by atoms with Crippen LogP contribution in [0.1, 0.15) is 65.9 Å². The molecule has 2 aliphatic heterocycles. The second-order valence-corrected chi connectivity index (χ2v) is 12.1. The number of halogens is 6. The van der Waals surface area contributed by atoms with E-state index in [2.05, 4.69) is 0 Å². The van der Waals surface area contributed by atoms with Crippen LogP contribution in [0.25, 0.3) is 11.1 Å². The second kappa shape index (κ2) is 10.0. The van der Waals surface area contributed by atoms with E-state index in [1.807, 2.05) is 0 Å². The van der Waals surface area contributed by atoms with Gasteiger partial charge in [-0.25, -0.2) is 9.59 Å². The van der Waals surface area contributed by atoms with E-state index in [4.69, 9.17) is 9.68 Å². The van der Waals surface area contributed by atoms with Crippen molar-refractivity contribution >= 4 is 69.4 Å². The number of thiophene rings is 2. The fraction of sp³-hybridized carbons (Fsp3) is 0.360. The quantitative estimate of drug-likeness (QED) is 0.326. The van der Waals surface area contributed by atoms with Crippen molar-refractivity contribution in [3.8, 4) is 0 Å². The molecule has 3 aliphatic rings. The standard InChI is InChI=1S/C25H16F6N2O8S2/c1-9-11(7-13(42-9)21(38)40-32-15(34)3-4-16(32)35)19-20(24(28,29)25(30,31)23(19,26)27)12-8-14(43-10(12)2)22(39)41-33-17(36)5-6-18(33)37/h7-8H,3-6H2,1-2H3. The number of carbonyl (C=O) groups excluding carboxylic acids is 6. The van der Waals surface area contributed by atoms with Crippen molar-refractivity contribution in [3.05, 3.63) is 42.8 Å². The van der Waals surface area contributed by atoms with Gasteiger partial charge in [-0.2, -0.15) is 26.3 Å². The molecule has 4 heterocycles. The molecule has 0 bridgehead atoms. The lowest BCUT2D eigenvalue weighted by atomic mass is 9.95. The zero-order valence-electron chi connectivity index (χ0n) is 21.7. The molecule has 2 saturated heterocycles. The van der Waals surface area contributed by atoms with Crippen molar-refractivity contribution in [2.45, 2.75) is 57.3 Å². The first kappa shape index (κ1) is 30.4. The van der Waals surface area contributed by atoms with E-state index in [0.29, 0.717) is 34.8 Å². The largest absolute Gasteiger partial charge is 0.380 e. The molecule has 43 heavy (non-hydrogen) atoms. The summed E-state index contributed by atoms with van der Waals surface area (Å²) in [6.45, 7) is 2.18. The Balaban J connectivity index is 1.59. The first-order valence-electron chi connectivity index (χ1n) is 12.2. The Bertz CT molecular complexity index is 1530. The summed E-state index contributed by atoms with van der Waals surface area (Å²) in [5.41, 5.74) is -5.38. The molecule has 0 spiro atoms. The first-order valence-corrected chi connectivity index (χ1v) is 13.8.